The van der Waals surface area contributed by atoms with Crippen molar-refractivity contribution in [1.29, 1.82) is 0 Å². The summed E-state index contributed by atoms with van der Waals surface area (Å²) in [5.41, 5.74) is 2.93. The zero-order valence-electron chi connectivity index (χ0n) is 11.3. The first-order valence-electron chi connectivity index (χ1n) is 7.20. The summed E-state index contributed by atoms with van der Waals surface area (Å²) in [6.07, 6.45) is 2.42. The van der Waals surface area contributed by atoms with E-state index in [0.717, 1.165) is 5.92 Å². The molecule has 1 heterocycles. The van der Waals surface area contributed by atoms with Gasteiger partial charge in [0.1, 0.15) is 0 Å². The van der Waals surface area contributed by atoms with E-state index >= 15 is 0 Å². The Morgan fingerprint density at radius 1 is 0.789 bits per heavy atom. The normalized spacial score (nSPS) is 16.2. The molecule has 1 aliphatic rings. The van der Waals surface area contributed by atoms with Gasteiger partial charge in [-0.2, -0.15) is 0 Å². The first-order valence-corrected chi connectivity index (χ1v) is 7.20. The topological polar surface area (TPSA) is 3.24 Å². The second-order valence-electron chi connectivity index (χ2n) is 5.55. The maximum Gasteiger partial charge on any atom is 0.00253 e. The molecule has 1 nitrogen and oxygen atoms in total. The predicted octanol–water partition coefficient (Wildman–Crippen LogP) is 3.40. The maximum absolute atomic E-state index is 2.57. The van der Waals surface area contributed by atoms with E-state index in [4.69, 9.17) is 0 Å². The lowest BCUT2D eigenvalue weighted by atomic mass is 9.92. The Labute approximate surface area is 115 Å². The molecule has 0 N–H and O–H groups in total. The molecule has 0 atom stereocenters. The van der Waals surface area contributed by atoms with Gasteiger partial charge in [-0.05, 0) is 29.9 Å². The van der Waals surface area contributed by atoms with E-state index in [2.05, 4.69) is 65.6 Å². The molecule has 2 aromatic carbocycles. The Bertz CT molecular complexity index is 486. The van der Waals surface area contributed by atoms with Gasteiger partial charge < -0.3 is 4.90 Å². The molecule has 1 saturated heterocycles. The summed E-state index contributed by atoms with van der Waals surface area (Å²) in [5, 5.41) is 0. The molecule has 1 heteroatoms. The molecule has 0 bridgehead atoms. The van der Waals surface area contributed by atoms with Crippen LogP contribution in [0.4, 0.5) is 0 Å². The average molecular weight is 251 g/mol. The van der Waals surface area contributed by atoms with Crippen LogP contribution in [-0.4, -0.2) is 24.5 Å². The highest BCUT2D eigenvalue weighted by Gasteiger charge is 2.25. The van der Waals surface area contributed by atoms with Crippen molar-refractivity contribution in [3.8, 4) is 0 Å². The summed E-state index contributed by atoms with van der Waals surface area (Å²) in [5.74, 6) is 0.859. The van der Waals surface area contributed by atoms with Crippen molar-refractivity contribution in [2.24, 2.45) is 5.92 Å². The monoisotopic (exact) mass is 251 g/mol. The van der Waals surface area contributed by atoms with Gasteiger partial charge in [0.15, 0.2) is 0 Å². The Morgan fingerprint density at radius 2 is 1.37 bits per heavy atom. The zero-order valence-corrected chi connectivity index (χ0v) is 11.3. The van der Waals surface area contributed by atoms with Crippen LogP contribution in [0.25, 0.3) is 0 Å². The molecule has 0 aromatic heterocycles. The Hall–Kier alpha value is -1.60. The second-order valence-corrected chi connectivity index (χ2v) is 5.55. The molecule has 0 unspecified atom stereocenters. The lowest BCUT2D eigenvalue weighted by Gasteiger charge is -2.39. The summed E-state index contributed by atoms with van der Waals surface area (Å²) in [7, 11) is 0. The highest BCUT2D eigenvalue weighted by atomic mass is 15.2. The van der Waals surface area contributed by atoms with E-state index in [1.54, 1.807) is 0 Å². The van der Waals surface area contributed by atoms with Crippen LogP contribution in [0.5, 0.6) is 0 Å². The summed E-state index contributed by atoms with van der Waals surface area (Å²) < 4.78 is 0. The lowest BCUT2D eigenvalue weighted by Crippen LogP contribution is -2.48. The summed E-state index contributed by atoms with van der Waals surface area (Å²) in [4.78, 5) is 2.57. The van der Waals surface area contributed by atoms with Gasteiger partial charge in [0, 0.05) is 19.6 Å². The van der Waals surface area contributed by atoms with Crippen molar-refractivity contribution in [1.82, 2.24) is 4.90 Å². The summed E-state index contributed by atoms with van der Waals surface area (Å²) in [6.45, 7) is 3.73. The van der Waals surface area contributed by atoms with Crippen LogP contribution in [0.3, 0.4) is 0 Å². The Morgan fingerprint density at radius 3 is 2.00 bits per heavy atom. The number of hydrogen-bond donors (Lipinski definition) is 0. The minimum atomic E-state index is 0.859. The highest BCUT2D eigenvalue weighted by Crippen LogP contribution is 2.20. The Balaban J connectivity index is 1.39. The molecule has 1 fully saturated rings. The first-order chi connectivity index (χ1) is 9.40. The van der Waals surface area contributed by atoms with Gasteiger partial charge in [0.05, 0.1) is 0 Å². The quantitative estimate of drug-likeness (QED) is 0.787. The molecule has 19 heavy (non-hydrogen) atoms. The standard InChI is InChI=1S/C18H21N/c1-3-7-16(8-4-1)11-12-19-14-18(15-19)13-17-9-5-2-6-10-17/h1-10,18H,11-15H2. The van der Waals surface area contributed by atoms with Gasteiger partial charge in [0.2, 0.25) is 0 Å². The van der Waals surface area contributed by atoms with E-state index < -0.39 is 0 Å². The third-order valence-corrected chi connectivity index (χ3v) is 3.96. The van der Waals surface area contributed by atoms with Gasteiger partial charge >= 0.3 is 0 Å². The van der Waals surface area contributed by atoms with Crippen molar-refractivity contribution < 1.29 is 0 Å². The van der Waals surface area contributed by atoms with E-state index in [0.29, 0.717) is 0 Å². The lowest BCUT2D eigenvalue weighted by molar-refractivity contribution is 0.102. The van der Waals surface area contributed by atoms with Gasteiger partial charge in [-0.1, -0.05) is 60.7 Å². The van der Waals surface area contributed by atoms with Gasteiger partial charge in [-0.25, -0.2) is 0 Å². The van der Waals surface area contributed by atoms with Crippen molar-refractivity contribution in [3.05, 3.63) is 71.8 Å². The fourth-order valence-corrected chi connectivity index (χ4v) is 2.87. The number of likely N-dealkylation sites (tertiary alicyclic amines) is 1. The van der Waals surface area contributed by atoms with Crippen LogP contribution in [-0.2, 0) is 12.8 Å². The molecule has 2 aromatic rings. The third-order valence-electron chi connectivity index (χ3n) is 3.96. The van der Waals surface area contributed by atoms with E-state index in [9.17, 15) is 0 Å². The highest BCUT2D eigenvalue weighted by molar-refractivity contribution is 5.17. The predicted molar refractivity (Wildman–Crippen MR) is 80.2 cm³/mol. The second kappa shape index (κ2) is 6.03. The molecule has 0 aliphatic carbocycles. The molecule has 0 spiro atoms. The van der Waals surface area contributed by atoms with Crippen molar-refractivity contribution >= 4 is 0 Å². The number of hydrogen-bond acceptors (Lipinski definition) is 1. The van der Waals surface area contributed by atoms with Crippen LogP contribution in [0.15, 0.2) is 60.7 Å². The SMILES string of the molecule is c1ccc(CCN2CC(Cc3ccccc3)C2)cc1. The van der Waals surface area contributed by atoms with E-state index in [1.807, 2.05) is 0 Å². The molecule has 3 rings (SSSR count). The number of benzene rings is 2. The largest absolute Gasteiger partial charge is 0.302 e. The molecule has 1 aliphatic heterocycles. The fourth-order valence-electron chi connectivity index (χ4n) is 2.87. The maximum atomic E-state index is 2.57. The Kier molecular flexibility index (Phi) is 3.95. The molecule has 98 valence electrons. The fraction of sp³-hybridized carbons (Fsp3) is 0.333. The number of rotatable bonds is 5. The summed E-state index contributed by atoms with van der Waals surface area (Å²) >= 11 is 0. The van der Waals surface area contributed by atoms with Crippen LogP contribution < -0.4 is 0 Å². The van der Waals surface area contributed by atoms with Crippen LogP contribution >= 0.6 is 0 Å². The first kappa shape index (κ1) is 12.4. The van der Waals surface area contributed by atoms with Crippen LogP contribution in [0.1, 0.15) is 11.1 Å². The van der Waals surface area contributed by atoms with Gasteiger partial charge in [-0.15, -0.1) is 0 Å². The summed E-state index contributed by atoms with van der Waals surface area (Å²) in [6, 6.07) is 21.6. The third kappa shape index (κ3) is 3.45. The van der Waals surface area contributed by atoms with E-state index in [1.165, 1.54) is 43.6 Å². The average Bonchev–Trinajstić information content (AvgIpc) is 2.43. The minimum absolute atomic E-state index is 0.859. The van der Waals surface area contributed by atoms with Crippen LogP contribution in [0.2, 0.25) is 0 Å². The van der Waals surface area contributed by atoms with Gasteiger partial charge in [0.25, 0.3) is 0 Å². The zero-order chi connectivity index (χ0) is 12.9. The molecule has 0 amide bonds. The van der Waals surface area contributed by atoms with E-state index in [-0.39, 0.29) is 0 Å². The smallest absolute Gasteiger partial charge is 0.00253 e. The van der Waals surface area contributed by atoms with Crippen molar-refractivity contribution in [2.45, 2.75) is 12.8 Å². The number of nitrogens with zero attached hydrogens (tertiary/aromatic N) is 1. The molecule has 0 saturated carbocycles. The van der Waals surface area contributed by atoms with Crippen LogP contribution in [0, 0.1) is 5.92 Å². The van der Waals surface area contributed by atoms with Crippen molar-refractivity contribution in [3.63, 3.8) is 0 Å². The molecular weight excluding hydrogens is 230 g/mol. The molecule has 0 radical (unpaired) electrons. The van der Waals surface area contributed by atoms with Crippen molar-refractivity contribution in [2.75, 3.05) is 19.6 Å². The minimum Gasteiger partial charge on any atom is -0.302 e. The molecular formula is C18H21N. The van der Waals surface area contributed by atoms with Gasteiger partial charge in [-0.3, -0.25) is 0 Å².